The van der Waals surface area contributed by atoms with E-state index in [4.69, 9.17) is 4.52 Å². The van der Waals surface area contributed by atoms with Crippen molar-refractivity contribution in [2.24, 2.45) is 0 Å². The summed E-state index contributed by atoms with van der Waals surface area (Å²) in [6.45, 7) is 0. The molecule has 2 rings (SSSR count). The maximum absolute atomic E-state index is 12.8. The molecule has 0 unspecified atom stereocenters. The van der Waals surface area contributed by atoms with E-state index >= 15 is 0 Å². The minimum atomic E-state index is -3.72. The van der Waals surface area contributed by atoms with Crippen LogP contribution in [0.2, 0.25) is 0 Å². The lowest BCUT2D eigenvalue weighted by molar-refractivity contribution is 0.214. The summed E-state index contributed by atoms with van der Waals surface area (Å²) in [5.41, 5.74) is 1.71. The van der Waals surface area contributed by atoms with E-state index in [-0.39, 0.29) is 0 Å². The number of aliphatic hydroxyl groups excluding tert-OH is 2. The molecule has 0 spiro atoms. The molecule has 0 aromatic heterocycles. The molecule has 2 aromatic rings. The van der Waals surface area contributed by atoms with E-state index in [0.717, 1.165) is 11.1 Å². The Morgan fingerprint density at radius 2 is 1.21 bits per heavy atom. The Kier molecular flexibility index (Phi) is 6.71. The lowest BCUT2D eigenvalue weighted by atomic mass is 10.2. The zero-order chi connectivity index (χ0) is 17.4. The van der Waals surface area contributed by atoms with E-state index in [1.54, 1.807) is 12.2 Å². The van der Waals surface area contributed by atoms with Crippen molar-refractivity contribution in [1.82, 2.24) is 0 Å². The number of aliphatic hydroxyl groups is 2. The smallest absolute Gasteiger partial charge is 0.265 e. The third-order valence-corrected chi connectivity index (χ3v) is 5.93. The lowest BCUT2D eigenvalue weighted by Gasteiger charge is -2.22. The first-order chi connectivity index (χ1) is 11.6. The van der Waals surface area contributed by atoms with Crippen LogP contribution < -0.4 is 0 Å². The molecule has 24 heavy (non-hydrogen) atoms. The van der Waals surface area contributed by atoms with Crippen molar-refractivity contribution in [3.8, 4) is 0 Å². The minimum absolute atomic E-state index is 0.855. The Balaban J connectivity index is 2.12. The fourth-order valence-electron chi connectivity index (χ4n) is 2.14. The minimum Gasteiger partial charge on any atom is -0.379 e. The summed E-state index contributed by atoms with van der Waals surface area (Å²) in [7, 11) is -2.50. The van der Waals surface area contributed by atoms with Crippen LogP contribution >= 0.6 is 7.37 Å². The van der Waals surface area contributed by atoms with Crippen LogP contribution in [-0.2, 0) is 9.09 Å². The van der Waals surface area contributed by atoms with Gasteiger partial charge >= 0.3 is 0 Å². The van der Waals surface area contributed by atoms with Crippen LogP contribution in [0.3, 0.4) is 0 Å². The van der Waals surface area contributed by atoms with Gasteiger partial charge < -0.3 is 14.7 Å². The quantitative estimate of drug-likeness (QED) is 0.746. The average molecular weight is 344 g/mol. The third-order valence-electron chi connectivity index (χ3n) is 3.54. The monoisotopic (exact) mass is 344 g/mol. The molecule has 0 aliphatic carbocycles. The van der Waals surface area contributed by atoms with Crippen LogP contribution in [0, 0.1) is 0 Å². The highest BCUT2D eigenvalue weighted by Gasteiger charge is 2.36. The van der Waals surface area contributed by atoms with Gasteiger partial charge in [0.1, 0.15) is 0 Å². The number of benzene rings is 2. The highest BCUT2D eigenvalue weighted by atomic mass is 31.2. The van der Waals surface area contributed by atoms with Gasteiger partial charge in [-0.05, 0) is 23.3 Å². The molecule has 4 nitrogen and oxygen atoms in total. The van der Waals surface area contributed by atoms with Gasteiger partial charge in [0.15, 0.2) is 11.7 Å². The molecule has 0 heterocycles. The van der Waals surface area contributed by atoms with Gasteiger partial charge in [-0.2, -0.15) is 0 Å². The second-order valence-electron chi connectivity index (χ2n) is 5.19. The maximum Gasteiger partial charge on any atom is 0.265 e. The molecule has 0 bridgehead atoms. The second-order valence-corrected chi connectivity index (χ2v) is 7.91. The Labute approximate surface area is 142 Å². The molecule has 5 heteroatoms. The summed E-state index contributed by atoms with van der Waals surface area (Å²) in [6.07, 6.45) is 6.03. The third kappa shape index (κ3) is 4.76. The number of hydrogen-bond acceptors (Lipinski definition) is 4. The first-order valence-electron chi connectivity index (χ1n) is 7.54. The molecule has 0 aliphatic heterocycles. The lowest BCUT2D eigenvalue weighted by Crippen LogP contribution is -2.16. The molecule has 2 aromatic carbocycles. The summed E-state index contributed by atoms with van der Waals surface area (Å²) in [5, 5.41) is 20.5. The van der Waals surface area contributed by atoms with Crippen LogP contribution in [0.4, 0.5) is 0 Å². The SMILES string of the molecule is COP(=O)([C@H](O)/C=C/c1ccccc1)[C@H](O)/C=C/c1ccccc1. The van der Waals surface area contributed by atoms with Crippen molar-refractivity contribution in [2.45, 2.75) is 11.7 Å². The van der Waals surface area contributed by atoms with Crippen molar-refractivity contribution in [3.63, 3.8) is 0 Å². The van der Waals surface area contributed by atoms with Crippen molar-refractivity contribution in [1.29, 1.82) is 0 Å². The van der Waals surface area contributed by atoms with E-state index < -0.39 is 19.1 Å². The fraction of sp³-hybridized carbons (Fsp3) is 0.158. The molecule has 0 amide bonds. The van der Waals surface area contributed by atoms with Gasteiger partial charge in [0.05, 0.1) is 0 Å². The van der Waals surface area contributed by atoms with Crippen molar-refractivity contribution < 1.29 is 19.3 Å². The van der Waals surface area contributed by atoms with E-state index in [0.29, 0.717) is 0 Å². The van der Waals surface area contributed by atoms with Gasteiger partial charge in [0.25, 0.3) is 7.37 Å². The Bertz CT molecular complexity index is 666. The molecular weight excluding hydrogens is 323 g/mol. The summed E-state index contributed by atoms with van der Waals surface area (Å²) < 4.78 is 17.8. The highest BCUT2D eigenvalue weighted by molar-refractivity contribution is 7.60. The van der Waals surface area contributed by atoms with Crippen LogP contribution in [0.15, 0.2) is 72.8 Å². The second kappa shape index (κ2) is 8.76. The van der Waals surface area contributed by atoms with E-state index in [2.05, 4.69) is 0 Å². The van der Waals surface area contributed by atoms with Crippen LogP contribution in [-0.4, -0.2) is 29.0 Å². The summed E-state index contributed by atoms with van der Waals surface area (Å²) >= 11 is 0. The number of rotatable bonds is 7. The van der Waals surface area contributed by atoms with Gasteiger partial charge in [-0.15, -0.1) is 0 Å². The first-order valence-corrected chi connectivity index (χ1v) is 9.30. The zero-order valence-electron chi connectivity index (χ0n) is 13.4. The summed E-state index contributed by atoms with van der Waals surface area (Å²) in [5.74, 6) is -2.81. The zero-order valence-corrected chi connectivity index (χ0v) is 14.3. The summed E-state index contributed by atoms with van der Waals surface area (Å²) in [4.78, 5) is 0. The van der Waals surface area contributed by atoms with Gasteiger partial charge in [-0.25, -0.2) is 0 Å². The van der Waals surface area contributed by atoms with E-state index in [1.165, 1.54) is 19.3 Å². The maximum atomic E-state index is 12.8. The van der Waals surface area contributed by atoms with Crippen LogP contribution in [0.5, 0.6) is 0 Å². The van der Waals surface area contributed by atoms with Crippen molar-refractivity contribution in [2.75, 3.05) is 7.11 Å². The fourth-order valence-corrected chi connectivity index (χ4v) is 3.53. The molecule has 0 radical (unpaired) electrons. The Hall–Kier alpha value is -1.97. The van der Waals surface area contributed by atoms with Gasteiger partial charge in [-0.3, -0.25) is 4.57 Å². The molecule has 0 aliphatic rings. The Morgan fingerprint density at radius 1 is 0.833 bits per heavy atom. The molecule has 0 saturated heterocycles. The standard InChI is InChI=1S/C19H21O4P/c1-23-24(22,18(20)14-12-16-8-4-2-5-9-16)19(21)15-13-17-10-6-3-7-11-17/h2-15,18-21H,1H3/b14-12+,15-13+/t18-,19-/m0/s1. The van der Waals surface area contributed by atoms with E-state index in [1.807, 2.05) is 60.7 Å². The van der Waals surface area contributed by atoms with Crippen molar-refractivity contribution >= 4 is 19.5 Å². The van der Waals surface area contributed by atoms with Crippen molar-refractivity contribution in [3.05, 3.63) is 83.9 Å². The molecule has 2 N–H and O–H groups in total. The first kappa shape index (κ1) is 18.4. The highest BCUT2D eigenvalue weighted by Crippen LogP contribution is 2.55. The van der Waals surface area contributed by atoms with Gasteiger partial charge in [-0.1, -0.05) is 72.8 Å². The predicted molar refractivity (Wildman–Crippen MR) is 97.6 cm³/mol. The number of hydrogen-bond donors (Lipinski definition) is 2. The Morgan fingerprint density at radius 3 is 1.54 bits per heavy atom. The predicted octanol–water partition coefficient (Wildman–Crippen LogP) is 3.97. The molecule has 2 atom stereocenters. The topological polar surface area (TPSA) is 66.8 Å². The largest absolute Gasteiger partial charge is 0.379 e. The van der Waals surface area contributed by atoms with Crippen LogP contribution in [0.1, 0.15) is 11.1 Å². The molecule has 0 saturated carbocycles. The normalized spacial score (nSPS) is 15.0. The molecule has 126 valence electrons. The van der Waals surface area contributed by atoms with Gasteiger partial charge in [0, 0.05) is 7.11 Å². The average Bonchev–Trinajstić information content (AvgIpc) is 2.65. The van der Waals surface area contributed by atoms with Crippen LogP contribution in [0.25, 0.3) is 12.2 Å². The molecule has 0 fully saturated rings. The molecular formula is C19H21O4P. The summed E-state index contributed by atoms with van der Waals surface area (Å²) in [6, 6.07) is 18.6. The van der Waals surface area contributed by atoms with Gasteiger partial charge in [0.2, 0.25) is 0 Å². The van der Waals surface area contributed by atoms with E-state index in [9.17, 15) is 14.8 Å².